The highest BCUT2D eigenvalue weighted by molar-refractivity contribution is 7.97. The van der Waals surface area contributed by atoms with E-state index in [4.69, 9.17) is 4.74 Å². The first-order valence-corrected chi connectivity index (χ1v) is 12.5. The normalized spacial score (nSPS) is 12.9. The average molecular weight is 429 g/mol. The Bertz CT molecular complexity index is 957. The van der Waals surface area contributed by atoms with Crippen LogP contribution in [0.2, 0.25) is 0 Å². The molecule has 1 atom stereocenters. The summed E-state index contributed by atoms with van der Waals surface area (Å²) in [5.74, 6) is -0.973. The van der Waals surface area contributed by atoms with Crippen molar-refractivity contribution >= 4 is 39.3 Å². The van der Waals surface area contributed by atoms with Crippen molar-refractivity contribution < 1.29 is 22.5 Å². The summed E-state index contributed by atoms with van der Waals surface area (Å²) in [6, 6.07) is 28.6. The zero-order valence-electron chi connectivity index (χ0n) is 15.9. The minimum absolute atomic E-state index is 0.101. The molecule has 1 N–H and O–H groups in total. The topological polar surface area (TPSA) is 80.7 Å². The highest BCUT2D eigenvalue weighted by Crippen LogP contribution is 2.56. The zero-order chi connectivity index (χ0) is 20.9. The molecular weight excluding hydrogens is 407 g/mol. The van der Waals surface area contributed by atoms with Crippen molar-refractivity contribution in [3.63, 3.8) is 0 Å². The molecule has 0 bridgehead atoms. The molecule has 150 valence electrons. The summed E-state index contributed by atoms with van der Waals surface area (Å²) in [5.41, 5.74) is 0. The standard InChI is InChI=1S/C22H21O5PS/c1-27-22(23)21(29(24,25)26)17-28(18-11-5-2-6-12-18,19-13-7-3-8-14-19)20-15-9-4-10-16-20/h2-16,21H,17H2,1H3/p+1. The van der Waals surface area contributed by atoms with Gasteiger partial charge in [0.1, 0.15) is 29.3 Å². The number of benzene rings is 3. The fourth-order valence-electron chi connectivity index (χ4n) is 3.48. The third kappa shape index (κ3) is 4.40. The average Bonchev–Trinajstić information content (AvgIpc) is 2.75. The van der Waals surface area contributed by atoms with Gasteiger partial charge in [-0.15, -0.1) is 0 Å². The van der Waals surface area contributed by atoms with Gasteiger partial charge in [0.05, 0.1) is 7.11 Å². The van der Waals surface area contributed by atoms with Crippen LogP contribution < -0.4 is 15.9 Å². The van der Waals surface area contributed by atoms with Crippen LogP contribution >= 0.6 is 7.26 Å². The molecule has 0 heterocycles. The maximum atomic E-state index is 12.4. The highest BCUT2D eigenvalue weighted by Gasteiger charge is 2.52. The van der Waals surface area contributed by atoms with E-state index in [1.54, 1.807) is 0 Å². The molecule has 7 heteroatoms. The maximum absolute atomic E-state index is 12.4. The molecule has 0 amide bonds. The van der Waals surface area contributed by atoms with Crippen molar-refractivity contribution in [3.05, 3.63) is 91.0 Å². The van der Waals surface area contributed by atoms with Gasteiger partial charge in [0.25, 0.3) is 10.1 Å². The van der Waals surface area contributed by atoms with Gasteiger partial charge < -0.3 is 4.74 Å². The van der Waals surface area contributed by atoms with E-state index in [0.29, 0.717) is 0 Å². The number of carbonyl (C=O) groups excluding carboxylic acids is 1. The van der Waals surface area contributed by atoms with Gasteiger partial charge in [0.2, 0.25) is 5.25 Å². The Kier molecular flexibility index (Phi) is 6.48. The van der Waals surface area contributed by atoms with Crippen LogP contribution in [0.5, 0.6) is 0 Å². The third-order valence-electron chi connectivity index (χ3n) is 4.85. The molecule has 0 aliphatic heterocycles. The Morgan fingerprint density at radius 1 is 0.828 bits per heavy atom. The molecule has 0 saturated carbocycles. The minimum atomic E-state index is -4.68. The van der Waals surface area contributed by atoms with Gasteiger partial charge in [0.15, 0.2) is 0 Å². The van der Waals surface area contributed by atoms with Crippen molar-refractivity contribution in [3.8, 4) is 0 Å². The lowest BCUT2D eigenvalue weighted by molar-refractivity contribution is -0.139. The Morgan fingerprint density at radius 3 is 1.45 bits per heavy atom. The molecule has 0 spiro atoms. The van der Waals surface area contributed by atoms with Crippen LogP contribution in [0, 0.1) is 0 Å². The number of hydrogen-bond acceptors (Lipinski definition) is 4. The summed E-state index contributed by atoms with van der Waals surface area (Å²) in [6.07, 6.45) is -0.101. The first-order valence-electron chi connectivity index (χ1n) is 8.98. The molecule has 5 nitrogen and oxygen atoms in total. The number of rotatable bonds is 7. The smallest absolute Gasteiger partial charge is 0.330 e. The molecule has 0 radical (unpaired) electrons. The molecule has 0 fully saturated rings. The molecule has 0 aromatic heterocycles. The molecule has 0 aliphatic carbocycles. The quantitative estimate of drug-likeness (QED) is 0.354. The van der Waals surface area contributed by atoms with Gasteiger partial charge >= 0.3 is 5.97 Å². The molecular formula is C22H22O5PS+. The fraction of sp³-hybridized carbons (Fsp3) is 0.136. The first-order chi connectivity index (χ1) is 13.9. The Hall–Kier alpha value is -2.53. The van der Waals surface area contributed by atoms with E-state index in [1.165, 1.54) is 0 Å². The largest absolute Gasteiger partial charge is 0.468 e. The Balaban J connectivity index is 2.35. The minimum Gasteiger partial charge on any atom is -0.468 e. The van der Waals surface area contributed by atoms with Crippen molar-refractivity contribution in [1.29, 1.82) is 0 Å². The van der Waals surface area contributed by atoms with Crippen LogP contribution in [0.15, 0.2) is 91.0 Å². The Morgan fingerprint density at radius 2 is 1.17 bits per heavy atom. The number of methoxy groups -OCH3 is 1. The molecule has 1 unspecified atom stereocenters. The summed E-state index contributed by atoms with van der Waals surface area (Å²) >= 11 is 0. The van der Waals surface area contributed by atoms with Crippen molar-refractivity contribution in [2.24, 2.45) is 0 Å². The van der Waals surface area contributed by atoms with E-state index in [0.717, 1.165) is 23.0 Å². The van der Waals surface area contributed by atoms with Gasteiger partial charge in [-0.1, -0.05) is 54.6 Å². The number of esters is 1. The third-order valence-corrected chi connectivity index (χ3v) is 10.6. The second-order valence-electron chi connectivity index (χ2n) is 6.53. The SMILES string of the molecule is COC(=O)C(C[P+](c1ccccc1)(c1ccccc1)c1ccccc1)S(=O)(=O)O. The van der Waals surface area contributed by atoms with Crippen LogP contribution in [-0.4, -0.2) is 37.5 Å². The predicted molar refractivity (Wildman–Crippen MR) is 117 cm³/mol. The monoisotopic (exact) mass is 429 g/mol. The summed E-state index contributed by atoms with van der Waals surface area (Å²) in [4.78, 5) is 12.4. The fourth-order valence-corrected chi connectivity index (χ4v) is 9.46. The van der Waals surface area contributed by atoms with Crippen LogP contribution in [0.1, 0.15) is 0 Å². The van der Waals surface area contributed by atoms with Gasteiger partial charge in [-0.05, 0) is 36.4 Å². The summed E-state index contributed by atoms with van der Waals surface area (Å²) in [5, 5.41) is 1.04. The van der Waals surface area contributed by atoms with Crippen molar-refractivity contribution in [2.45, 2.75) is 5.25 Å². The van der Waals surface area contributed by atoms with E-state index in [9.17, 15) is 17.8 Å². The van der Waals surface area contributed by atoms with E-state index in [1.807, 2.05) is 91.0 Å². The number of hydrogen-bond donors (Lipinski definition) is 1. The summed E-state index contributed by atoms with van der Waals surface area (Å²) in [6.45, 7) is 0. The van der Waals surface area contributed by atoms with E-state index in [2.05, 4.69) is 0 Å². The molecule has 3 aromatic rings. The van der Waals surface area contributed by atoms with E-state index >= 15 is 0 Å². The lowest BCUT2D eigenvalue weighted by Crippen LogP contribution is -2.43. The second kappa shape index (κ2) is 8.87. The highest BCUT2D eigenvalue weighted by atomic mass is 32.2. The van der Waals surface area contributed by atoms with Crippen LogP contribution in [-0.2, 0) is 19.6 Å². The second-order valence-corrected chi connectivity index (χ2v) is 11.7. The van der Waals surface area contributed by atoms with Gasteiger partial charge in [-0.3, -0.25) is 9.35 Å². The van der Waals surface area contributed by atoms with Gasteiger partial charge in [-0.25, -0.2) is 0 Å². The molecule has 3 rings (SSSR count). The van der Waals surface area contributed by atoms with Gasteiger partial charge in [-0.2, -0.15) is 8.42 Å². The number of ether oxygens (including phenoxy) is 1. The summed E-state index contributed by atoms with van der Waals surface area (Å²) in [7, 11) is -6.17. The molecule has 0 saturated heterocycles. The maximum Gasteiger partial charge on any atom is 0.330 e. The Labute approximate surface area is 171 Å². The van der Waals surface area contributed by atoms with Crippen LogP contribution in [0.3, 0.4) is 0 Å². The lowest BCUT2D eigenvalue weighted by Gasteiger charge is -2.29. The molecule has 0 aliphatic rings. The van der Waals surface area contributed by atoms with Crippen molar-refractivity contribution in [1.82, 2.24) is 0 Å². The van der Waals surface area contributed by atoms with Crippen LogP contribution in [0.25, 0.3) is 0 Å². The lowest BCUT2D eigenvalue weighted by atomic mass is 10.3. The summed E-state index contributed by atoms with van der Waals surface area (Å²) < 4.78 is 39.0. The number of carbonyl (C=O) groups is 1. The van der Waals surface area contributed by atoms with E-state index < -0.39 is 28.6 Å². The first kappa shape index (κ1) is 21.2. The molecule has 29 heavy (non-hydrogen) atoms. The molecule has 3 aromatic carbocycles. The predicted octanol–water partition coefficient (Wildman–Crippen LogP) is 2.41. The van der Waals surface area contributed by atoms with E-state index in [-0.39, 0.29) is 6.16 Å². The van der Waals surface area contributed by atoms with Crippen LogP contribution in [0.4, 0.5) is 0 Å². The zero-order valence-corrected chi connectivity index (χ0v) is 17.6. The van der Waals surface area contributed by atoms with Crippen molar-refractivity contribution in [2.75, 3.05) is 13.3 Å². The van der Waals surface area contributed by atoms with Gasteiger partial charge in [0, 0.05) is 0 Å².